The van der Waals surface area contributed by atoms with E-state index >= 15 is 0 Å². The molecular formula is C15H11F3N4O3. The van der Waals surface area contributed by atoms with E-state index in [2.05, 4.69) is 24.6 Å². The first-order chi connectivity index (χ1) is 11.9. The van der Waals surface area contributed by atoms with Crippen LogP contribution >= 0.6 is 0 Å². The van der Waals surface area contributed by atoms with Crippen molar-refractivity contribution in [1.82, 2.24) is 20.1 Å². The molecule has 0 aliphatic rings. The van der Waals surface area contributed by atoms with Crippen molar-refractivity contribution in [2.45, 2.75) is 12.6 Å². The fourth-order valence-corrected chi connectivity index (χ4v) is 2.18. The van der Waals surface area contributed by atoms with Gasteiger partial charge in [-0.3, -0.25) is 4.79 Å². The smallest absolute Gasteiger partial charge is 0.471 e. The number of rotatable bonds is 4. The van der Waals surface area contributed by atoms with Crippen LogP contribution in [0.2, 0.25) is 0 Å². The summed E-state index contributed by atoms with van der Waals surface area (Å²) in [6, 6.07) is 4.72. The van der Waals surface area contributed by atoms with Crippen molar-refractivity contribution in [3.63, 3.8) is 0 Å². The molecule has 7 nitrogen and oxygen atoms in total. The van der Waals surface area contributed by atoms with Crippen LogP contribution in [0.5, 0.6) is 5.88 Å². The first kappa shape index (κ1) is 16.7. The molecule has 3 heterocycles. The van der Waals surface area contributed by atoms with Gasteiger partial charge in [-0.2, -0.15) is 18.2 Å². The molecule has 1 N–H and O–H groups in total. The highest BCUT2D eigenvalue weighted by atomic mass is 19.4. The lowest BCUT2D eigenvalue weighted by molar-refractivity contribution is -0.159. The van der Waals surface area contributed by atoms with Gasteiger partial charge in [0.15, 0.2) is 0 Å². The van der Waals surface area contributed by atoms with Crippen molar-refractivity contribution in [2.75, 3.05) is 7.11 Å². The van der Waals surface area contributed by atoms with Gasteiger partial charge >= 0.3 is 12.1 Å². The zero-order valence-electron chi connectivity index (χ0n) is 12.8. The summed E-state index contributed by atoms with van der Waals surface area (Å²) in [5, 5.41) is 3.33. The summed E-state index contributed by atoms with van der Waals surface area (Å²) in [4.78, 5) is 22.0. The molecule has 0 saturated heterocycles. The second-order valence-corrected chi connectivity index (χ2v) is 5.01. The lowest BCUT2D eigenvalue weighted by atomic mass is 10.0. The van der Waals surface area contributed by atoms with Crippen LogP contribution in [-0.4, -0.2) is 27.2 Å². The van der Waals surface area contributed by atoms with E-state index in [0.29, 0.717) is 11.4 Å². The average Bonchev–Trinajstić information content (AvgIpc) is 3.07. The minimum Gasteiger partial charge on any atom is -0.481 e. The molecule has 3 rings (SSSR count). The number of halogens is 3. The number of H-pyrrole nitrogens is 1. The van der Waals surface area contributed by atoms with Crippen molar-refractivity contribution in [3.05, 3.63) is 58.0 Å². The maximum Gasteiger partial charge on any atom is 0.471 e. The minimum absolute atomic E-state index is 0.123. The number of pyridine rings is 2. The number of hydrogen-bond acceptors (Lipinski definition) is 6. The molecule has 3 aromatic rings. The molecule has 0 spiro atoms. The summed E-state index contributed by atoms with van der Waals surface area (Å²) in [5.74, 6) is -1.38. The van der Waals surface area contributed by atoms with E-state index in [0.717, 1.165) is 0 Å². The van der Waals surface area contributed by atoms with Crippen LogP contribution in [-0.2, 0) is 12.6 Å². The Hall–Kier alpha value is -3.17. The van der Waals surface area contributed by atoms with Crippen LogP contribution in [0, 0.1) is 0 Å². The highest BCUT2D eigenvalue weighted by Gasteiger charge is 2.38. The average molecular weight is 352 g/mol. The Bertz CT molecular complexity index is 932. The summed E-state index contributed by atoms with van der Waals surface area (Å²) >= 11 is 0. The molecule has 25 heavy (non-hydrogen) atoms. The molecule has 0 atom stereocenters. The Balaban J connectivity index is 2.00. The van der Waals surface area contributed by atoms with Gasteiger partial charge in [-0.25, -0.2) is 4.98 Å². The second-order valence-electron chi connectivity index (χ2n) is 5.01. The Morgan fingerprint density at radius 3 is 2.68 bits per heavy atom. The number of nitrogens with zero attached hydrogens (tertiary/aromatic N) is 3. The number of ether oxygens (including phenoxy) is 1. The van der Waals surface area contributed by atoms with Crippen molar-refractivity contribution in [1.29, 1.82) is 0 Å². The Kier molecular flexibility index (Phi) is 4.26. The maximum absolute atomic E-state index is 12.6. The van der Waals surface area contributed by atoms with Gasteiger partial charge < -0.3 is 14.2 Å². The monoisotopic (exact) mass is 352 g/mol. The van der Waals surface area contributed by atoms with Crippen LogP contribution in [0.1, 0.15) is 17.0 Å². The van der Waals surface area contributed by atoms with Gasteiger partial charge in [0.1, 0.15) is 0 Å². The zero-order valence-corrected chi connectivity index (χ0v) is 12.8. The number of alkyl halides is 3. The summed E-state index contributed by atoms with van der Waals surface area (Å²) in [6.07, 6.45) is -1.83. The zero-order chi connectivity index (χ0) is 18.0. The van der Waals surface area contributed by atoms with E-state index in [4.69, 9.17) is 4.74 Å². The van der Waals surface area contributed by atoms with Crippen molar-refractivity contribution >= 4 is 0 Å². The van der Waals surface area contributed by atoms with Gasteiger partial charge in [-0.15, -0.1) is 0 Å². The van der Waals surface area contributed by atoms with Crippen LogP contribution in [0.25, 0.3) is 11.4 Å². The topological polar surface area (TPSA) is 93.9 Å². The van der Waals surface area contributed by atoms with Gasteiger partial charge in [0.05, 0.1) is 7.11 Å². The van der Waals surface area contributed by atoms with Crippen LogP contribution in [0.4, 0.5) is 13.2 Å². The summed E-state index contributed by atoms with van der Waals surface area (Å²) in [5.41, 5.74) is 0.549. The molecule has 0 radical (unpaired) electrons. The number of hydrogen-bond donors (Lipinski definition) is 1. The molecule has 3 aromatic heterocycles. The van der Waals surface area contributed by atoms with Gasteiger partial charge in [0.25, 0.3) is 5.56 Å². The molecule has 0 aliphatic carbocycles. The van der Waals surface area contributed by atoms with Crippen molar-refractivity contribution in [2.24, 2.45) is 0 Å². The number of nitrogens with one attached hydrogen (secondary N) is 1. The van der Waals surface area contributed by atoms with Gasteiger partial charge in [0, 0.05) is 36.0 Å². The molecular weight excluding hydrogens is 341 g/mol. The number of aromatic amines is 1. The molecule has 130 valence electrons. The third kappa shape index (κ3) is 3.52. The van der Waals surface area contributed by atoms with E-state index < -0.39 is 17.6 Å². The Labute approximate surface area is 138 Å². The van der Waals surface area contributed by atoms with E-state index in [-0.39, 0.29) is 23.4 Å². The highest BCUT2D eigenvalue weighted by molar-refractivity contribution is 5.59. The van der Waals surface area contributed by atoms with Gasteiger partial charge in [-0.1, -0.05) is 11.2 Å². The van der Waals surface area contributed by atoms with Crippen molar-refractivity contribution in [3.8, 4) is 17.3 Å². The Morgan fingerprint density at radius 2 is 2.08 bits per heavy atom. The Morgan fingerprint density at radius 1 is 1.28 bits per heavy atom. The van der Waals surface area contributed by atoms with E-state index in [9.17, 15) is 18.0 Å². The lowest BCUT2D eigenvalue weighted by Gasteiger charge is -2.06. The highest BCUT2D eigenvalue weighted by Crippen LogP contribution is 2.30. The normalized spacial score (nSPS) is 11.5. The standard InChI is InChI=1S/C15H11F3N4O3/c1-24-11-3-2-8(7-20-11)6-10-9(4-5-19-13(10)23)12-21-14(25-22-12)15(16,17)18/h2-5,7H,6H2,1H3,(H,19,23). The van der Waals surface area contributed by atoms with Crippen LogP contribution in [0.15, 0.2) is 39.9 Å². The molecule has 10 heteroatoms. The second kappa shape index (κ2) is 6.38. The molecule has 0 amide bonds. The first-order valence-electron chi connectivity index (χ1n) is 6.99. The van der Waals surface area contributed by atoms with E-state index in [1.807, 2.05) is 0 Å². The van der Waals surface area contributed by atoms with Crippen LogP contribution < -0.4 is 10.3 Å². The molecule has 0 saturated carbocycles. The summed E-state index contributed by atoms with van der Waals surface area (Å²) in [7, 11) is 1.47. The SMILES string of the molecule is COc1ccc(Cc2c(-c3noc(C(F)(F)F)n3)cc[nH]c2=O)cn1. The fraction of sp³-hybridized carbons (Fsp3) is 0.200. The van der Waals surface area contributed by atoms with Crippen LogP contribution in [0.3, 0.4) is 0 Å². The molecule has 0 fully saturated rings. The van der Waals surface area contributed by atoms with E-state index in [1.54, 1.807) is 12.1 Å². The predicted molar refractivity (Wildman–Crippen MR) is 79.0 cm³/mol. The number of aromatic nitrogens is 4. The van der Waals surface area contributed by atoms with Gasteiger partial charge in [-0.05, 0) is 11.6 Å². The quantitative estimate of drug-likeness (QED) is 0.775. The number of methoxy groups -OCH3 is 1. The van der Waals surface area contributed by atoms with E-state index in [1.165, 1.54) is 25.6 Å². The third-order valence-electron chi connectivity index (χ3n) is 3.36. The lowest BCUT2D eigenvalue weighted by Crippen LogP contribution is -2.14. The molecule has 0 aliphatic heterocycles. The van der Waals surface area contributed by atoms with Crippen molar-refractivity contribution < 1.29 is 22.4 Å². The first-order valence-corrected chi connectivity index (χ1v) is 6.99. The largest absolute Gasteiger partial charge is 0.481 e. The predicted octanol–water partition coefficient (Wildman–Crippen LogP) is 2.44. The fourth-order valence-electron chi connectivity index (χ4n) is 2.18. The molecule has 0 bridgehead atoms. The third-order valence-corrected chi connectivity index (χ3v) is 3.36. The molecule has 0 unspecified atom stereocenters. The minimum atomic E-state index is -4.76. The summed E-state index contributed by atoms with van der Waals surface area (Å²) < 4.78 is 47.1. The maximum atomic E-state index is 12.6. The summed E-state index contributed by atoms with van der Waals surface area (Å²) in [6.45, 7) is 0. The molecule has 0 aromatic carbocycles. The van der Waals surface area contributed by atoms with Gasteiger partial charge in [0.2, 0.25) is 11.7 Å².